The second kappa shape index (κ2) is 6.85. The average molecular weight is 382 g/mol. The van der Waals surface area contributed by atoms with Crippen molar-refractivity contribution in [1.82, 2.24) is 4.98 Å². The van der Waals surface area contributed by atoms with E-state index in [0.717, 1.165) is 5.56 Å². The number of furan rings is 1. The van der Waals surface area contributed by atoms with Crippen molar-refractivity contribution in [2.24, 2.45) is 0 Å². The first-order chi connectivity index (χ1) is 13.0. The lowest BCUT2D eigenvalue weighted by Crippen LogP contribution is -2.01. The number of phenolic OH excluding ortho intramolecular Hbond substituents is 1. The Morgan fingerprint density at radius 1 is 1.15 bits per heavy atom. The number of fused-ring (bicyclic) bond motifs is 1. The summed E-state index contributed by atoms with van der Waals surface area (Å²) in [6.07, 6.45) is 1.93. The van der Waals surface area contributed by atoms with Crippen LogP contribution in [0.15, 0.2) is 65.2 Å². The fourth-order valence-corrected chi connectivity index (χ4v) is 3.15. The van der Waals surface area contributed by atoms with Crippen LogP contribution in [0.4, 0.5) is 4.39 Å². The van der Waals surface area contributed by atoms with E-state index in [1.807, 2.05) is 0 Å². The molecule has 0 bridgehead atoms. The molecule has 0 amide bonds. The number of hydrogen-bond donors (Lipinski definition) is 1. The molecule has 0 aliphatic carbocycles. The number of carbonyl (C=O) groups is 1. The Balaban J connectivity index is 1.66. The number of hydrogen-bond acceptors (Lipinski definition) is 4. The molecule has 1 N–H and O–H groups in total. The molecule has 2 heterocycles. The lowest BCUT2D eigenvalue weighted by atomic mass is 10.0. The first kappa shape index (κ1) is 17.2. The summed E-state index contributed by atoms with van der Waals surface area (Å²) in [5, 5.41) is 11.3. The van der Waals surface area contributed by atoms with Crippen molar-refractivity contribution in [3.8, 4) is 5.75 Å². The van der Waals surface area contributed by atoms with Crippen molar-refractivity contribution in [1.29, 1.82) is 0 Å². The van der Waals surface area contributed by atoms with Gasteiger partial charge < -0.3 is 9.52 Å². The number of pyridine rings is 1. The molecular formula is C21H13ClFNO3. The molecular weight excluding hydrogens is 369 g/mol. The van der Waals surface area contributed by atoms with Crippen molar-refractivity contribution in [3.63, 3.8) is 0 Å². The van der Waals surface area contributed by atoms with E-state index in [1.54, 1.807) is 30.3 Å². The molecule has 0 spiro atoms. The number of rotatable bonds is 4. The minimum absolute atomic E-state index is 0.0221. The number of halogens is 2. The molecule has 4 nitrogen and oxygen atoms in total. The maximum Gasteiger partial charge on any atom is 0.232 e. The van der Waals surface area contributed by atoms with Crippen molar-refractivity contribution >= 4 is 28.3 Å². The third-order valence-corrected chi connectivity index (χ3v) is 4.55. The van der Waals surface area contributed by atoms with Crippen LogP contribution in [0.2, 0.25) is 5.02 Å². The SMILES string of the molecule is O=C(c1ccc(Cc2ccc(F)cc2)o1)c1cc(Cl)c2cccnc2c1O. The number of ketones is 1. The summed E-state index contributed by atoms with van der Waals surface area (Å²) in [6, 6.07) is 14.1. The number of benzene rings is 2. The summed E-state index contributed by atoms with van der Waals surface area (Å²) in [6.45, 7) is 0. The van der Waals surface area contributed by atoms with Crippen LogP contribution in [0.1, 0.15) is 27.4 Å². The molecule has 0 saturated carbocycles. The Morgan fingerprint density at radius 2 is 1.93 bits per heavy atom. The molecule has 0 fully saturated rings. The monoisotopic (exact) mass is 381 g/mol. The normalized spacial score (nSPS) is 11.0. The van der Waals surface area contributed by atoms with Gasteiger partial charge in [-0.2, -0.15) is 0 Å². The highest BCUT2D eigenvalue weighted by molar-refractivity contribution is 6.36. The molecule has 4 aromatic rings. The van der Waals surface area contributed by atoms with E-state index in [-0.39, 0.29) is 28.4 Å². The van der Waals surface area contributed by atoms with Crippen LogP contribution < -0.4 is 0 Å². The topological polar surface area (TPSA) is 63.3 Å². The standard InChI is InChI=1S/C21H13ClFNO3/c22-17-11-16(21(26)19-15(17)2-1-9-24-19)20(25)18-8-7-14(27-18)10-12-3-5-13(23)6-4-12/h1-9,11,26H,10H2. The molecule has 0 unspecified atom stereocenters. The van der Waals surface area contributed by atoms with Gasteiger partial charge in [0, 0.05) is 18.0 Å². The minimum Gasteiger partial charge on any atom is -0.505 e. The molecule has 27 heavy (non-hydrogen) atoms. The van der Waals surface area contributed by atoms with E-state index in [2.05, 4.69) is 4.98 Å². The molecule has 4 rings (SSSR count). The first-order valence-corrected chi connectivity index (χ1v) is 8.55. The van der Waals surface area contributed by atoms with Gasteiger partial charge in [0.2, 0.25) is 5.78 Å². The van der Waals surface area contributed by atoms with Crippen LogP contribution in [-0.4, -0.2) is 15.9 Å². The molecule has 0 aliphatic heterocycles. The molecule has 134 valence electrons. The Morgan fingerprint density at radius 3 is 2.70 bits per heavy atom. The smallest absolute Gasteiger partial charge is 0.232 e. The summed E-state index contributed by atoms with van der Waals surface area (Å²) in [5.74, 6) is -0.418. The van der Waals surface area contributed by atoms with E-state index in [1.165, 1.54) is 30.5 Å². The molecule has 2 aromatic heterocycles. The predicted octanol–water partition coefficient (Wildman–Crippen LogP) is 5.15. The summed E-state index contributed by atoms with van der Waals surface area (Å²) < 4.78 is 18.6. The highest BCUT2D eigenvalue weighted by Gasteiger charge is 2.21. The average Bonchev–Trinajstić information content (AvgIpc) is 3.14. The van der Waals surface area contributed by atoms with Gasteiger partial charge in [0.15, 0.2) is 11.5 Å². The zero-order valence-electron chi connectivity index (χ0n) is 13.9. The van der Waals surface area contributed by atoms with Crippen LogP contribution in [0.5, 0.6) is 5.75 Å². The van der Waals surface area contributed by atoms with Gasteiger partial charge in [-0.1, -0.05) is 23.7 Å². The predicted molar refractivity (Wildman–Crippen MR) is 99.8 cm³/mol. The lowest BCUT2D eigenvalue weighted by molar-refractivity contribution is 0.100. The fourth-order valence-electron chi connectivity index (χ4n) is 2.89. The summed E-state index contributed by atoms with van der Waals surface area (Å²) in [7, 11) is 0. The van der Waals surface area contributed by atoms with Gasteiger partial charge in [-0.25, -0.2) is 4.39 Å². The van der Waals surface area contributed by atoms with Crippen molar-refractivity contribution in [3.05, 3.63) is 94.3 Å². The zero-order chi connectivity index (χ0) is 19.0. The van der Waals surface area contributed by atoms with Crippen LogP contribution in [0, 0.1) is 5.82 Å². The van der Waals surface area contributed by atoms with Crippen LogP contribution in [0.3, 0.4) is 0 Å². The number of nitrogens with zero attached hydrogens (tertiary/aromatic N) is 1. The Kier molecular flexibility index (Phi) is 4.38. The quantitative estimate of drug-likeness (QED) is 0.497. The van der Waals surface area contributed by atoms with E-state index >= 15 is 0 Å². The number of aromatic hydroxyl groups is 1. The zero-order valence-corrected chi connectivity index (χ0v) is 14.7. The molecule has 0 aliphatic rings. The molecule has 2 aromatic carbocycles. The second-order valence-electron chi connectivity index (χ2n) is 6.05. The third-order valence-electron chi connectivity index (χ3n) is 4.24. The summed E-state index contributed by atoms with van der Waals surface area (Å²) in [4.78, 5) is 16.9. The number of phenols is 1. The van der Waals surface area contributed by atoms with Gasteiger partial charge in [0.25, 0.3) is 0 Å². The summed E-state index contributed by atoms with van der Waals surface area (Å²) in [5.41, 5.74) is 1.13. The van der Waals surface area contributed by atoms with E-state index in [0.29, 0.717) is 22.6 Å². The Hall–Kier alpha value is -3.18. The largest absolute Gasteiger partial charge is 0.505 e. The van der Waals surface area contributed by atoms with Gasteiger partial charge in [-0.05, 0) is 48.0 Å². The van der Waals surface area contributed by atoms with Crippen molar-refractivity contribution < 1.29 is 18.7 Å². The molecule has 0 radical (unpaired) electrons. The Labute approximate surface area is 158 Å². The molecule has 0 saturated heterocycles. The van der Waals surface area contributed by atoms with Crippen molar-refractivity contribution in [2.45, 2.75) is 6.42 Å². The molecule has 6 heteroatoms. The maximum atomic E-state index is 13.0. The van der Waals surface area contributed by atoms with Crippen LogP contribution >= 0.6 is 11.6 Å². The van der Waals surface area contributed by atoms with Gasteiger partial charge in [-0.15, -0.1) is 0 Å². The number of carbonyl (C=O) groups excluding carboxylic acids is 1. The van der Waals surface area contributed by atoms with Gasteiger partial charge in [0.1, 0.15) is 17.1 Å². The second-order valence-corrected chi connectivity index (χ2v) is 6.46. The van der Waals surface area contributed by atoms with Gasteiger partial charge in [-0.3, -0.25) is 9.78 Å². The lowest BCUT2D eigenvalue weighted by Gasteiger charge is -2.07. The fraction of sp³-hybridized carbons (Fsp3) is 0.0476. The van der Waals surface area contributed by atoms with Gasteiger partial charge in [0.05, 0.1) is 10.6 Å². The van der Waals surface area contributed by atoms with Crippen LogP contribution in [0.25, 0.3) is 10.9 Å². The van der Waals surface area contributed by atoms with Crippen molar-refractivity contribution in [2.75, 3.05) is 0 Å². The highest BCUT2D eigenvalue weighted by Crippen LogP contribution is 2.34. The van der Waals surface area contributed by atoms with E-state index < -0.39 is 5.78 Å². The van der Waals surface area contributed by atoms with E-state index in [9.17, 15) is 14.3 Å². The molecule has 0 atom stereocenters. The third kappa shape index (κ3) is 3.29. The maximum absolute atomic E-state index is 13.0. The first-order valence-electron chi connectivity index (χ1n) is 8.17. The Bertz CT molecular complexity index is 1150. The number of aromatic nitrogens is 1. The minimum atomic E-state index is -0.493. The highest BCUT2D eigenvalue weighted by atomic mass is 35.5. The van der Waals surface area contributed by atoms with E-state index in [4.69, 9.17) is 16.0 Å². The van der Waals surface area contributed by atoms with Gasteiger partial charge >= 0.3 is 0 Å². The van der Waals surface area contributed by atoms with Crippen LogP contribution in [-0.2, 0) is 6.42 Å². The summed E-state index contributed by atoms with van der Waals surface area (Å²) >= 11 is 6.23.